The summed E-state index contributed by atoms with van der Waals surface area (Å²) in [6.45, 7) is 9.80. The molecule has 0 aliphatic heterocycles. The molecule has 0 saturated carbocycles. The summed E-state index contributed by atoms with van der Waals surface area (Å²) in [6, 6.07) is 0. The summed E-state index contributed by atoms with van der Waals surface area (Å²) in [5.74, 6) is 0. The van der Waals surface area contributed by atoms with Gasteiger partial charge in [0.25, 0.3) is 0 Å². The molecule has 0 aliphatic carbocycles. The molecule has 7 heteroatoms. The Hall–Kier alpha value is 0.234. The molecule has 0 heterocycles. The van der Waals surface area contributed by atoms with E-state index in [1.165, 1.54) is 0 Å². The quantitative estimate of drug-likeness (QED) is 0.601. The predicted octanol–water partition coefficient (Wildman–Crippen LogP) is 0.481. The highest BCUT2D eigenvalue weighted by Gasteiger charge is 2.44. The predicted molar refractivity (Wildman–Crippen MR) is 69.2 cm³/mol. The van der Waals surface area contributed by atoms with Crippen LogP contribution in [0.2, 0.25) is 0 Å². The van der Waals surface area contributed by atoms with Crippen LogP contribution in [0.5, 0.6) is 0 Å². The van der Waals surface area contributed by atoms with Gasteiger partial charge in [-0.15, -0.1) is 0 Å². The maximum absolute atomic E-state index is 5.42. The minimum atomic E-state index is -2.80. The Morgan fingerprint density at radius 3 is 1.06 bits per heavy atom. The fourth-order valence-corrected chi connectivity index (χ4v) is 2.87. The van der Waals surface area contributed by atoms with Crippen LogP contribution in [-0.4, -0.2) is 53.1 Å². The van der Waals surface area contributed by atoms with Gasteiger partial charge in [0, 0.05) is 33.5 Å². The minimum absolute atomic E-state index is 0.548. The lowest BCUT2D eigenvalue weighted by atomic mass is 10.9. The largest absolute Gasteiger partial charge is 0.679 e. The van der Waals surface area contributed by atoms with Gasteiger partial charge in [-0.25, -0.2) is 0 Å². The fraction of sp³-hybridized carbons (Fsp3) is 1.00. The maximum atomic E-state index is 5.42. The Balaban J connectivity index is 0. The van der Waals surface area contributed by atoms with E-state index in [9.17, 15) is 0 Å². The molecule has 100 valence electrons. The van der Waals surface area contributed by atoms with Crippen molar-refractivity contribution in [2.45, 2.75) is 27.7 Å². The SMILES string of the molecule is CCO[Si](OCC)(OCC)OCC.CO[SiH3]. The maximum Gasteiger partial charge on any atom is 0.679 e. The first kappa shape index (κ1) is 18.6. The molecule has 0 amide bonds. The fourth-order valence-electron chi connectivity index (χ4n) is 0.957. The van der Waals surface area contributed by atoms with Crippen LogP contribution in [0.4, 0.5) is 0 Å². The van der Waals surface area contributed by atoms with Crippen molar-refractivity contribution in [1.82, 2.24) is 0 Å². The molecule has 0 spiro atoms. The summed E-state index contributed by atoms with van der Waals surface area (Å²) in [5, 5.41) is 0. The van der Waals surface area contributed by atoms with E-state index in [1.54, 1.807) is 7.11 Å². The second-order valence-electron chi connectivity index (χ2n) is 2.64. The molecule has 0 aromatic heterocycles. The first-order chi connectivity index (χ1) is 7.66. The molecule has 0 fully saturated rings. The van der Waals surface area contributed by atoms with Crippen LogP contribution in [0.25, 0.3) is 0 Å². The van der Waals surface area contributed by atoms with Gasteiger partial charge in [-0.05, 0) is 27.7 Å². The lowest BCUT2D eigenvalue weighted by Gasteiger charge is -2.26. The Kier molecular flexibility index (Phi) is 15.5. The van der Waals surface area contributed by atoms with Gasteiger partial charge in [0.1, 0.15) is 10.5 Å². The highest BCUT2D eigenvalue weighted by Crippen LogP contribution is 2.11. The molecule has 0 saturated heterocycles. The number of hydrogen-bond donors (Lipinski definition) is 0. The number of rotatable bonds is 8. The van der Waals surface area contributed by atoms with Gasteiger partial charge < -0.3 is 22.1 Å². The molecule has 16 heavy (non-hydrogen) atoms. The van der Waals surface area contributed by atoms with Crippen LogP contribution >= 0.6 is 0 Å². The van der Waals surface area contributed by atoms with Gasteiger partial charge in [-0.3, -0.25) is 0 Å². The molecule has 0 aromatic carbocycles. The molecule has 0 unspecified atom stereocenters. The van der Waals surface area contributed by atoms with Crippen LogP contribution in [0, 0.1) is 0 Å². The second kappa shape index (κ2) is 13.3. The van der Waals surface area contributed by atoms with Gasteiger partial charge in [-0.1, -0.05) is 0 Å². The Bertz CT molecular complexity index is 108. The molecular weight excluding hydrogens is 244 g/mol. The molecule has 0 aromatic rings. The first-order valence-corrected chi connectivity index (χ1v) is 8.07. The van der Waals surface area contributed by atoms with Crippen LogP contribution in [0.15, 0.2) is 0 Å². The van der Waals surface area contributed by atoms with Crippen LogP contribution in [-0.2, 0) is 22.1 Å². The van der Waals surface area contributed by atoms with E-state index in [2.05, 4.69) is 4.43 Å². The average Bonchev–Trinajstić information content (AvgIpc) is 2.20. The molecular formula is C9H26O5Si2. The van der Waals surface area contributed by atoms with Gasteiger partial charge in [0.15, 0.2) is 0 Å². The smallest absolute Gasteiger partial charge is 0.431 e. The monoisotopic (exact) mass is 270 g/mol. The third-order valence-electron chi connectivity index (χ3n) is 1.28. The zero-order valence-electron chi connectivity index (χ0n) is 11.4. The van der Waals surface area contributed by atoms with Gasteiger partial charge in [0.05, 0.1) is 0 Å². The zero-order valence-corrected chi connectivity index (χ0v) is 14.4. The minimum Gasteiger partial charge on any atom is -0.431 e. The number of hydrogen-bond acceptors (Lipinski definition) is 5. The molecule has 0 rings (SSSR count). The van der Waals surface area contributed by atoms with Crippen molar-refractivity contribution >= 4 is 19.5 Å². The summed E-state index contributed by atoms with van der Waals surface area (Å²) in [5.41, 5.74) is 0. The van der Waals surface area contributed by atoms with E-state index in [-0.39, 0.29) is 0 Å². The lowest BCUT2D eigenvalue weighted by Crippen LogP contribution is -2.49. The highest BCUT2D eigenvalue weighted by atomic mass is 28.4. The van der Waals surface area contributed by atoms with Crippen molar-refractivity contribution in [1.29, 1.82) is 0 Å². The van der Waals surface area contributed by atoms with E-state index in [1.807, 2.05) is 27.7 Å². The summed E-state index contributed by atoms with van der Waals surface area (Å²) < 4.78 is 26.1. The van der Waals surface area contributed by atoms with Crippen molar-refractivity contribution < 1.29 is 22.1 Å². The van der Waals surface area contributed by atoms with E-state index in [0.717, 1.165) is 10.5 Å². The van der Waals surface area contributed by atoms with Gasteiger partial charge in [-0.2, -0.15) is 0 Å². The van der Waals surface area contributed by atoms with Crippen molar-refractivity contribution in [2.75, 3.05) is 33.5 Å². The van der Waals surface area contributed by atoms with Crippen molar-refractivity contribution in [2.24, 2.45) is 0 Å². The topological polar surface area (TPSA) is 46.2 Å². The molecule has 0 aliphatic rings. The van der Waals surface area contributed by atoms with Gasteiger partial charge >= 0.3 is 9.05 Å². The molecule has 5 nitrogen and oxygen atoms in total. The summed E-state index contributed by atoms with van der Waals surface area (Å²) in [7, 11) is -0.240. The van der Waals surface area contributed by atoms with E-state index in [0.29, 0.717) is 26.4 Å². The van der Waals surface area contributed by atoms with E-state index >= 15 is 0 Å². The van der Waals surface area contributed by atoms with Crippen LogP contribution in [0.1, 0.15) is 27.7 Å². The average molecular weight is 270 g/mol. The van der Waals surface area contributed by atoms with Crippen LogP contribution in [0.3, 0.4) is 0 Å². The standard InChI is InChI=1S/C8H20O4Si.CH6OSi/c1-5-9-13(10-6-2,11-7-3)12-8-4;1-2-3/h5-8H2,1-4H3;1,3H3. The molecule has 0 N–H and O–H groups in total. The second-order valence-corrected chi connectivity index (χ2v) is 5.61. The van der Waals surface area contributed by atoms with Crippen molar-refractivity contribution in [3.05, 3.63) is 0 Å². The molecule has 0 atom stereocenters. The summed E-state index contributed by atoms with van der Waals surface area (Å²) >= 11 is 0. The molecule has 0 radical (unpaired) electrons. The Labute approximate surface area is 103 Å². The highest BCUT2D eigenvalue weighted by molar-refractivity contribution is 6.53. The third-order valence-corrected chi connectivity index (χ3v) is 3.85. The van der Waals surface area contributed by atoms with Crippen molar-refractivity contribution in [3.8, 4) is 0 Å². The van der Waals surface area contributed by atoms with Gasteiger partial charge in [0.2, 0.25) is 0 Å². The lowest BCUT2D eigenvalue weighted by molar-refractivity contribution is -0.0247. The van der Waals surface area contributed by atoms with Crippen LogP contribution < -0.4 is 0 Å². The third kappa shape index (κ3) is 9.46. The van der Waals surface area contributed by atoms with E-state index in [4.69, 9.17) is 17.7 Å². The zero-order chi connectivity index (χ0) is 12.9. The summed E-state index contributed by atoms with van der Waals surface area (Å²) in [6.07, 6.45) is 0. The Morgan fingerprint density at radius 2 is 0.938 bits per heavy atom. The normalized spacial score (nSPS) is 11.1. The first-order valence-electron chi connectivity index (χ1n) is 5.62. The summed E-state index contributed by atoms with van der Waals surface area (Å²) in [4.78, 5) is 0. The van der Waals surface area contributed by atoms with Crippen molar-refractivity contribution in [3.63, 3.8) is 0 Å². The Morgan fingerprint density at radius 1 is 0.750 bits per heavy atom. The van der Waals surface area contributed by atoms with E-state index < -0.39 is 9.05 Å². The molecule has 0 bridgehead atoms.